The third kappa shape index (κ3) is 2.60. The first-order valence-corrected chi connectivity index (χ1v) is 11.3. The van der Waals surface area contributed by atoms with Crippen molar-refractivity contribution in [2.75, 3.05) is 0 Å². The van der Waals surface area contributed by atoms with E-state index < -0.39 is 0 Å². The summed E-state index contributed by atoms with van der Waals surface area (Å²) in [6, 6.07) is 10.4. The van der Waals surface area contributed by atoms with Gasteiger partial charge in [0.15, 0.2) is 5.78 Å². The smallest absolute Gasteiger partial charge is 0.165 e. The van der Waals surface area contributed by atoms with Crippen LogP contribution < -0.4 is 0 Å². The molecule has 0 aromatic heterocycles. The zero-order chi connectivity index (χ0) is 18.6. The molecule has 0 aliphatic heterocycles. The second-order valence-corrected chi connectivity index (χ2v) is 10.5. The lowest BCUT2D eigenvalue weighted by molar-refractivity contribution is -0.137. The molecule has 1 aromatic carbocycles. The molecule has 0 spiro atoms. The fourth-order valence-electron chi connectivity index (χ4n) is 7.85. The molecule has 27 heavy (non-hydrogen) atoms. The van der Waals surface area contributed by atoms with Gasteiger partial charge in [0, 0.05) is 5.41 Å². The lowest BCUT2D eigenvalue weighted by atomic mass is 9.45. The monoisotopic (exact) mass is 362 g/mol. The van der Waals surface area contributed by atoms with Gasteiger partial charge < -0.3 is 0 Å². The Balaban J connectivity index is 1.47. The van der Waals surface area contributed by atoms with Crippen LogP contribution in [0, 0.1) is 34.5 Å². The van der Waals surface area contributed by atoms with E-state index in [9.17, 15) is 4.79 Å². The Morgan fingerprint density at radius 1 is 0.926 bits per heavy atom. The first kappa shape index (κ1) is 17.7. The van der Waals surface area contributed by atoms with E-state index in [1.54, 1.807) is 0 Å². The number of carbonyl (C=O) groups excluding carboxylic acids is 1. The quantitative estimate of drug-likeness (QED) is 0.509. The van der Waals surface area contributed by atoms with E-state index >= 15 is 0 Å². The summed E-state index contributed by atoms with van der Waals surface area (Å²) in [7, 11) is 0. The zero-order valence-electron chi connectivity index (χ0n) is 17.0. The molecule has 0 unspecified atom stereocenters. The van der Waals surface area contributed by atoms with Gasteiger partial charge in [0.05, 0.1) is 0 Å². The molecule has 4 aliphatic carbocycles. The SMILES string of the molecule is C[C@]12CCCC[C@H]1CC[C@H]1[C@H]3C/C(=C/c4ccccc4)C(=O)[C@@]3(C)CC[C@@H]12. The Bertz CT molecular complexity index is 762. The predicted molar refractivity (Wildman–Crippen MR) is 111 cm³/mol. The second-order valence-electron chi connectivity index (χ2n) is 10.5. The molecule has 144 valence electrons. The number of allylic oxidation sites excluding steroid dienone is 1. The topological polar surface area (TPSA) is 17.1 Å². The summed E-state index contributed by atoms with van der Waals surface area (Å²) in [5.74, 6) is 3.63. The van der Waals surface area contributed by atoms with E-state index in [2.05, 4.69) is 44.2 Å². The van der Waals surface area contributed by atoms with Gasteiger partial charge in [0.1, 0.15) is 0 Å². The normalized spacial score (nSPS) is 45.3. The van der Waals surface area contributed by atoms with Gasteiger partial charge >= 0.3 is 0 Å². The van der Waals surface area contributed by atoms with Crippen molar-refractivity contribution >= 4 is 11.9 Å². The van der Waals surface area contributed by atoms with Crippen LogP contribution in [0.15, 0.2) is 35.9 Å². The van der Waals surface area contributed by atoms with Gasteiger partial charge in [-0.2, -0.15) is 0 Å². The molecule has 1 heteroatoms. The van der Waals surface area contributed by atoms with Crippen LogP contribution in [0.25, 0.3) is 6.08 Å². The predicted octanol–water partition coefficient (Wildman–Crippen LogP) is 6.68. The molecule has 5 rings (SSSR count). The van der Waals surface area contributed by atoms with Crippen LogP contribution >= 0.6 is 0 Å². The minimum Gasteiger partial charge on any atom is -0.294 e. The molecule has 0 amide bonds. The molecular formula is C26H34O. The third-order valence-electron chi connectivity index (χ3n) is 9.36. The first-order chi connectivity index (χ1) is 13.0. The van der Waals surface area contributed by atoms with Gasteiger partial charge in [-0.1, -0.05) is 57.0 Å². The largest absolute Gasteiger partial charge is 0.294 e. The summed E-state index contributed by atoms with van der Waals surface area (Å²) in [6.45, 7) is 4.92. The maximum absolute atomic E-state index is 13.4. The standard InChI is InChI=1S/C26H34O/c1-25-14-7-6-10-20(25)11-12-21-22(25)13-15-26(2)23(21)17-19(24(26)27)16-18-8-4-3-5-9-18/h3-5,8-9,16,20-23H,6-7,10-15,17H2,1-2H3/b19-16-/t20-,21+,22-,23+,25-,26-/m0/s1. The molecule has 1 nitrogen and oxygen atoms in total. The maximum Gasteiger partial charge on any atom is 0.165 e. The number of carbonyl (C=O) groups is 1. The summed E-state index contributed by atoms with van der Waals surface area (Å²) in [6.07, 6.45) is 14.2. The molecule has 4 fully saturated rings. The third-order valence-corrected chi connectivity index (χ3v) is 9.36. The number of hydrogen-bond acceptors (Lipinski definition) is 1. The Hall–Kier alpha value is -1.37. The molecule has 6 atom stereocenters. The van der Waals surface area contributed by atoms with Crippen LogP contribution in [0.5, 0.6) is 0 Å². The average Bonchev–Trinajstić information content (AvgIpc) is 2.93. The highest BCUT2D eigenvalue weighted by Crippen LogP contribution is 2.66. The molecular weight excluding hydrogens is 328 g/mol. The van der Waals surface area contributed by atoms with Gasteiger partial charge in [0.2, 0.25) is 0 Å². The van der Waals surface area contributed by atoms with Crippen molar-refractivity contribution < 1.29 is 4.79 Å². The van der Waals surface area contributed by atoms with E-state index in [0.717, 1.165) is 36.2 Å². The van der Waals surface area contributed by atoms with Crippen LogP contribution in [-0.2, 0) is 4.79 Å². The van der Waals surface area contributed by atoms with Crippen molar-refractivity contribution in [2.24, 2.45) is 34.5 Å². The van der Waals surface area contributed by atoms with Crippen molar-refractivity contribution in [3.05, 3.63) is 41.5 Å². The van der Waals surface area contributed by atoms with Crippen LogP contribution in [-0.4, -0.2) is 5.78 Å². The Morgan fingerprint density at radius 2 is 1.74 bits per heavy atom. The van der Waals surface area contributed by atoms with Crippen LogP contribution in [0.1, 0.15) is 77.2 Å². The van der Waals surface area contributed by atoms with E-state index in [1.165, 1.54) is 50.5 Å². The fraction of sp³-hybridized carbons (Fsp3) is 0.654. The number of ketones is 1. The summed E-state index contributed by atoms with van der Waals surface area (Å²) in [5, 5.41) is 0. The second kappa shape index (κ2) is 6.33. The zero-order valence-corrected chi connectivity index (χ0v) is 17.0. The highest BCUT2D eigenvalue weighted by atomic mass is 16.1. The molecule has 4 saturated carbocycles. The van der Waals surface area contributed by atoms with E-state index in [0.29, 0.717) is 17.1 Å². The molecule has 0 bridgehead atoms. The van der Waals surface area contributed by atoms with Crippen molar-refractivity contribution in [1.29, 1.82) is 0 Å². The average molecular weight is 363 g/mol. The molecule has 4 aliphatic rings. The van der Waals surface area contributed by atoms with Crippen LogP contribution in [0.2, 0.25) is 0 Å². The van der Waals surface area contributed by atoms with Crippen molar-refractivity contribution in [3.8, 4) is 0 Å². The van der Waals surface area contributed by atoms with Crippen LogP contribution in [0.3, 0.4) is 0 Å². The maximum atomic E-state index is 13.4. The first-order valence-electron chi connectivity index (χ1n) is 11.3. The minimum atomic E-state index is -0.0976. The summed E-state index contributed by atoms with van der Waals surface area (Å²) < 4.78 is 0. The molecule has 0 saturated heterocycles. The Morgan fingerprint density at radius 3 is 2.56 bits per heavy atom. The number of fused-ring (bicyclic) bond motifs is 5. The van der Waals surface area contributed by atoms with Gasteiger partial charge in [-0.15, -0.1) is 0 Å². The van der Waals surface area contributed by atoms with Gasteiger partial charge in [-0.3, -0.25) is 4.79 Å². The van der Waals surface area contributed by atoms with Gasteiger partial charge in [-0.05, 0) is 91.2 Å². The summed E-state index contributed by atoms with van der Waals surface area (Å²) in [5.41, 5.74) is 2.74. The van der Waals surface area contributed by atoms with E-state index in [4.69, 9.17) is 0 Å². The van der Waals surface area contributed by atoms with Crippen molar-refractivity contribution in [2.45, 2.75) is 71.6 Å². The molecule has 1 aromatic rings. The Kier molecular flexibility index (Phi) is 4.15. The highest BCUT2D eigenvalue weighted by Gasteiger charge is 2.60. The molecule has 0 radical (unpaired) electrons. The van der Waals surface area contributed by atoms with Crippen LogP contribution in [0.4, 0.5) is 0 Å². The summed E-state index contributed by atoms with van der Waals surface area (Å²) >= 11 is 0. The minimum absolute atomic E-state index is 0.0976. The Labute approximate surface area is 164 Å². The van der Waals surface area contributed by atoms with E-state index in [-0.39, 0.29) is 5.41 Å². The number of Topliss-reactive ketones (excluding diaryl/α,β-unsaturated/α-hetero) is 1. The lowest BCUT2D eigenvalue weighted by Gasteiger charge is -2.59. The highest BCUT2D eigenvalue weighted by molar-refractivity contribution is 6.05. The van der Waals surface area contributed by atoms with Crippen molar-refractivity contribution in [1.82, 2.24) is 0 Å². The van der Waals surface area contributed by atoms with Gasteiger partial charge in [0.25, 0.3) is 0 Å². The number of rotatable bonds is 1. The molecule has 0 N–H and O–H groups in total. The summed E-state index contributed by atoms with van der Waals surface area (Å²) in [4.78, 5) is 13.4. The lowest BCUT2D eigenvalue weighted by Crippen LogP contribution is -2.52. The van der Waals surface area contributed by atoms with Crippen molar-refractivity contribution in [3.63, 3.8) is 0 Å². The van der Waals surface area contributed by atoms with Gasteiger partial charge in [-0.25, -0.2) is 0 Å². The molecule has 0 heterocycles. The number of hydrogen-bond donors (Lipinski definition) is 0. The number of benzene rings is 1. The van der Waals surface area contributed by atoms with E-state index in [1.807, 2.05) is 6.07 Å². The fourth-order valence-corrected chi connectivity index (χ4v) is 7.85.